The Bertz CT molecular complexity index is 1440. The molecule has 1 heterocycles. The molecule has 0 saturated carbocycles. The summed E-state index contributed by atoms with van der Waals surface area (Å²) < 4.78 is 1.52. The average molecular weight is 485 g/mol. The molecule has 0 aliphatic heterocycles. The molecule has 0 unspecified atom stereocenters. The molecular weight excluding hydrogens is 465 g/mol. The van der Waals surface area contributed by atoms with E-state index in [0.29, 0.717) is 27.2 Å². The number of halogens is 1. The normalized spacial score (nSPS) is 10.4. The van der Waals surface area contributed by atoms with E-state index in [1.54, 1.807) is 37.4 Å². The van der Waals surface area contributed by atoms with Crippen LogP contribution in [0.1, 0.15) is 16.1 Å². The first-order valence-corrected chi connectivity index (χ1v) is 10.5. The van der Waals surface area contributed by atoms with Gasteiger partial charge in [-0.1, -0.05) is 48.0 Å². The third-order valence-corrected chi connectivity index (χ3v) is 5.56. The van der Waals surface area contributed by atoms with E-state index in [4.69, 9.17) is 16.7 Å². The van der Waals surface area contributed by atoms with Crippen molar-refractivity contribution in [2.24, 2.45) is 7.05 Å². The van der Waals surface area contributed by atoms with Gasteiger partial charge in [0.25, 0.3) is 5.56 Å². The largest absolute Gasteiger partial charge is 1.00 e. The van der Waals surface area contributed by atoms with Crippen LogP contribution in [-0.4, -0.2) is 21.7 Å². The maximum absolute atomic E-state index is 13.0. The van der Waals surface area contributed by atoms with Crippen molar-refractivity contribution in [1.29, 1.82) is 0 Å². The Morgan fingerprint density at radius 1 is 0.971 bits per heavy atom. The van der Waals surface area contributed by atoms with Crippen molar-refractivity contribution < 1.29 is 44.3 Å². The van der Waals surface area contributed by atoms with Crippen molar-refractivity contribution in [2.45, 2.75) is 6.54 Å². The maximum Gasteiger partial charge on any atom is 1.00 e. The Kier molecular flexibility index (Phi) is 8.17. The number of carbonyl (C=O) groups is 2. The number of pyridine rings is 1. The van der Waals surface area contributed by atoms with Gasteiger partial charge in [-0.25, -0.2) is 9.59 Å². The second kappa shape index (κ2) is 10.9. The van der Waals surface area contributed by atoms with E-state index in [0.717, 1.165) is 11.1 Å². The van der Waals surface area contributed by atoms with Gasteiger partial charge in [0.15, 0.2) is 0 Å². The minimum atomic E-state index is -1.09. The molecule has 4 aromatic rings. The number of hydrogen-bond acceptors (Lipinski definition) is 3. The molecule has 0 atom stereocenters. The van der Waals surface area contributed by atoms with Gasteiger partial charge in [-0.15, -0.1) is 0 Å². The molecule has 34 heavy (non-hydrogen) atoms. The van der Waals surface area contributed by atoms with Gasteiger partial charge >= 0.3 is 41.6 Å². The first kappa shape index (κ1) is 25.5. The van der Waals surface area contributed by atoms with Crippen molar-refractivity contribution in [3.05, 3.63) is 99.4 Å². The van der Waals surface area contributed by atoms with Gasteiger partial charge in [0.05, 0.1) is 12.1 Å². The van der Waals surface area contributed by atoms with Gasteiger partial charge in [0, 0.05) is 34.4 Å². The van der Waals surface area contributed by atoms with Gasteiger partial charge in [-0.05, 0) is 47.3 Å². The Labute approximate surface area is 222 Å². The third kappa shape index (κ3) is 5.34. The Morgan fingerprint density at radius 2 is 1.71 bits per heavy atom. The van der Waals surface area contributed by atoms with Crippen LogP contribution in [0.25, 0.3) is 21.9 Å². The monoisotopic (exact) mass is 484 g/mol. The van der Waals surface area contributed by atoms with E-state index < -0.39 is 12.0 Å². The molecule has 2 amide bonds. The summed E-state index contributed by atoms with van der Waals surface area (Å²) in [4.78, 5) is 36.7. The minimum Gasteiger partial charge on any atom is -0.478 e. The van der Waals surface area contributed by atoms with Crippen LogP contribution in [0, 0.1) is 0 Å². The van der Waals surface area contributed by atoms with Crippen LogP contribution in [0.3, 0.4) is 0 Å². The molecule has 0 saturated heterocycles. The summed E-state index contributed by atoms with van der Waals surface area (Å²) in [5, 5.41) is 16.2. The standard InChI is InChI=1S/C25H20ClN3O4.Na/c1-29-21(14-27-25(33)28-18-9-5-8-16(12-18)24(31)32)22(15-6-3-2-4-7-15)20-13-17(26)10-11-19(20)23(29)30;/h2-13H,14H2,1H3,(H,31,32)(H2,27,28,33);/q;+1. The number of carboxylic acids is 1. The number of carbonyl (C=O) groups excluding carboxylic acids is 1. The zero-order chi connectivity index (χ0) is 23.5. The quantitative estimate of drug-likeness (QED) is 0.377. The predicted octanol–water partition coefficient (Wildman–Crippen LogP) is 1.88. The first-order chi connectivity index (χ1) is 15.8. The van der Waals surface area contributed by atoms with Gasteiger partial charge in [-0.2, -0.15) is 0 Å². The molecule has 0 bridgehead atoms. The zero-order valence-corrected chi connectivity index (χ0v) is 21.4. The summed E-state index contributed by atoms with van der Waals surface area (Å²) in [7, 11) is 1.66. The molecule has 166 valence electrons. The van der Waals surface area contributed by atoms with Gasteiger partial charge < -0.3 is 20.3 Å². The fourth-order valence-corrected chi connectivity index (χ4v) is 3.91. The summed E-state index contributed by atoms with van der Waals surface area (Å²) in [6.45, 7) is 0.0584. The molecule has 0 radical (unpaired) electrons. The number of rotatable bonds is 5. The molecule has 7 nitrogen and oxygen atoms in total. The van der Waals surface area contributed by atoms with Crippen LogP contribution >= 0.6 is 11.6 Å². The maximum atomic E-state index is 13.0. The zero-order valence-electron chi connectivity index (χ0n) is 18.6. The number of nitrogens with one attached hydrogen (secondary N) is 2. The number of nitrogens with zero attached hydrogens (tertiary/aromatic N) is 1. The topological polar surface area (TPSA) is 100 Å². The molecule has 0 fully saturated rings. The molecular formula is C25H20ClN3NaO4+. The third-order valence-electron chi connectivity index (χ3n) is 5.33. The number of urea groups is 1. The molecule has 3 aromatic carbocycles. The van der Waals surface area contributed by atoms with Crippen molar-refractivity contribution in [1.82, 2.24) is 9.88 Å². The van der Waals surface area contributed by atoms with E-state index in [-0.39, 0.29) is 47.2 Å². The number of anilines is 1. The Hall–Kier alpha value is -3.10. The Balaban J connectivity index is 0.00000324. The number of hydrogen-bond donors (Lipinski definition) is 3. The summed E-state index contributed by atoms with van der Waals surface area (Å²) in [6, 6.07) is 20.1. The second-order valence-electron chi connectivity index (χ2n) is 7.44. The van der Waals surface area contributed by atoms with E-state index >= 15 is 0 Å². The van der Waals surface area contributed by atoms with Crippen LogP contribution in [0.2, 0.25) is 5.02 Å². The minimum absolute atomic E-state index is 0. The number of fused-ring (bicyclic) bond motifs is 1. The summed E-state index contributed by atoms with van der Waals surface area (Å²) in [5.74, 6) is -1.09. The Morgan fingerprint density at radius 3 is 2.41 bits per heavy atom. The van der Waals surface area contributed by atoms with Crippen molar-refractivity contribution in [3.63, 3.8) is 0 Å². The fourth-order valence-electron chi connectivity index (χ4n) is 3.74. The smallest absolute Gasteiger partial charge is 0.478 e. The number of aromatic nitrogens is 1. The van der Waals surface area contributed by atoms with Gasteiger partial charge in [0.1, 0.15) is 0 Å². The van der Waals surface area contributed by atoms with Crippen LogP contribution in [-0.2, 0) is 13.6 Å². The van der Waals surface area contributed by atoms with Crippen LogP contribution < -0.4 is 45.8 Å². The molecule has 0 aliphatic carbocycles. The number of carboxylic acid groups (broad SMARTS) is 1. The summed E-state index contributed by atoms with van der Waals surface area (Å²) in [6.07, 6.45) is 0. The van der Waals surface area contributed by atoms with E-state index in [1.807, 2.05) is 30.3 Å². The number of benzene rings is 3. The van der Waals surface area contributed by atoms with Crippen LogP contribution in [0.5, 0.6) is 0 Å². The van der Waals surface area contributed by atoms with Crippen LogP contribution in [0.4, 0.5) is 10.5 Å². The molecule has 9 heteroatoms. The van der Waals surface area contributed by atoms with E-state index in [2.05, 4.69) is 10.6 Å². The SMILES string of the molecule is Cn1c(CNC(=O)Nc2cccc(C(=O)O)c2)c(-c2ccccc2)c2cc(Cl)ccc2c1=O.[Na+]. The summed E-state index contributed by atoms with van der Waals surface area (Å²) in [5.41, 5.74) is 2.49. The van der Waals surface area contributed by atoms with Crippen molar-refractivity contribution in [2.75, 3.05) is 5.32 Å². The first-order valence-electron chi connectivity index (χ1n) is 10.1. The average Bonchev–Trinajstić information content (AvgIpc) is 2.81. The van der Waals surface area contributed by atoms with E-state index in [1.165, 1.54) is 16.7 Å². The molecule has 3 N–H and O–H groups in total. The fraction of sp³-hybridized carbons (Fsp3) is 0.0800. The van der Waals surface area contributed by atoms with Crippen molar-refractivity contribution in [3.8, 4) is 11.1 Å². The van der Waals surface area contributed by atoms with Gasteiger partial charge in [0.2, 0.25) is 0 Å². The molecule has 0 aliphatic rings. The molecule has 1 aromatic heterocycles. The number of amides is 2. The molecule has 0 spiro atoms. The summed E-state index contributed by atoms with van der Waals surface area (Å²) >= 11 is 6.25. The number of aromatic carboxylic acids is 1. The predicted molar refractivity (Wildman–Crippen MR) is 129 cm³/mol. The molecule has 4 rings (SSSR count). The van der Waals surface area contributed by atoms with Crippen LogP contribution in [0.15, 0.2) is 77.6 Å². The second-order valence-corrected chi connectivity index (χ2v) is 7.87. The van der Waals surface area contributed by atoms with Crippen molar-refractivity contribution >= 4 is 40.1 Å². The van der Waals surface area contributed by atoms with Gasteiger partial charge in [-0.3, -0.25) is 4.79 Å². The van der Waals surface area contributed by atoms with E-state index in [9.17, 15) is 14.4 Å².